The van der Waals surface area contributed by atoms with Crippen molar-refractivity contribution in [1.29, 1.82) is 0 Å². The minimum Gasteiger partial charge on any atom is -0.471 e. The van der Waals surface area contributed by atoms with E-state index in [1.165, 1.54) is 0 Å². The summed E-state index contributed by atoms with van der Waals surface area (Å²) in [7, 11) is 0. The summed E-state index contributed by atoms with van der Waals surface area (Å²) in [5.41, 5.74) is 2.31. The maximum absolute atomic E-state index is 13.1. The number of ether oxygens (including phenoxy) is 1. The Bertz CT molecular complexity index is 987. The number of benzene rings is 1. The van der Waals surface area contributed by atoms with Crippen LogP contribution in [0.3, 0.4) is 0 Å². The number of carbonyl (C=O) groups is 1. The monoisotopic (exact) mass is 369 g/mol. The Balaban J connectivity index is 1.72. The second-order valence-corrected chi connectivity index (χ2v) is 6.52. The van der Waals surface area contributed by atoms with Crippen molar-refractivity contribution < 1.29 is 9.53 Å². The molecule has 1 aliphatic heterocycles. The molecule has 132 valence electrons. The van der Waals surface area contributed by atoms with Gasteiger partial charge in [-0.1, -0.05) is 22.9 Å². The highest BCUT2D eigenvalue weighted by molar-refractivity contribution is 6.30. The second-order valence-electron chi connectivity index (χ2n) is 6.09. The molecule has 26 heavy (non-hydrogen) atoms. The third kappa shape index (κ3) is 2.80. The Kier molecular flexibility index (Phi) is 4.08. The summed E-state index contributed by atoms with van der Waals surface area (Å²) in [4.78, 5) is 19.0. The van der Waals surface area contributed by atoms with Gasteiger partial charge < -0.3 is 4.74 Å². The lowest BCUT2D eigenvalue weighted by atomic mass is 10.2. The molecule has 4 rings (SSSR count). The highest BCUT2D eigenvalue weighted by atomic mass is 35.5. The van der Waals surface area contributed by atoms with Crippen LogP contribution in [-0.2, 0) is 0 Å². The number of anilines is 1. The number of carbonyl (C=O) groups excluding carboxylic acids is 1. The number of hydrogen-bond donors (Lipinski definition) is 0. The number of hydrogen-bond acceptors (Lipinski definition) is 5. The summed E-state index contributed by atoms with van der Waals surface area (Å²) in [6, 6.07) is 10.8. The molecule has 1 aliphatic rings. The zero-order valence-electron chi connectivity index (χ0n) is 14.3. The molecule has 0 saturated carbocycles. The first kappa shape index (κ1) is 16.5. The number of fused-ring (bicyclic) bond motifs is 1. The Labute approximate surface area is 155 Å². The third-order valence-corrected chi connectivity index (χ3v) is 4.42. The van der Waals surface area contributed by atoms with E-state index in [2.05, 4.69) is 15.3 Å². The van der Waals surface area contributed by atoms with Crippen LogP contribution in [0.4, 0.5) is 5.69 Å². The smallest absolute Gasteiger partial charge is 0.281 e. The summed E-state index contributed by atoms with van der Waals surface area (Å²) >= 11 is 6.05. The molecule has 1 atom stereocenters. The fourth-order valence-corrected chi connectivity index (χ4v) is 3.15. The molecule has 7 nitrogen and oxygen atoms in total. The van der Waals surface area contributed by atoms with Gasteiger partial charge in [0.05, 0.1) is 17.9 Å². The van der Waals surface area contributed by atoms with Crippen molar-refractivity contribution in [3.63, 3.8) is 0 Å². The summed E-state index contributed by atoms with van der Waals surface area (Å²) in [5.74, 6) is 0.208. The van der Waals surface area contributed by atoms with Crippen LogP contribution in [0.15, 0.2) is 42.6 Å². The molecule has 0 N–H and O–H groups in total. The van der Waals surface area contributed by atoms with Gasteiger partial charge in [0.1, 0.15) is 11.8 Å². The van der Waals surface area contributed by atoms with Crippen molar-refractivity contribution in [1.82, 2.24) is 20.0 Å². The predicted octanol–water partition coefficient (Wildman–Crippen LogP) is 3.05. The molecule has 1 unspecified atom stereocenters. The van der Waals surface area contributed by atoms with Gasteiger partial charge in [-0.15, -0.1) is 5.10 Å². The largest absolute Gasteiger partial charge is 0.471 e. The van der Waals surface area contributed by atoms with E-state index in [0.29, 0.717) is 28.8 Å². The van der Waals surface area contributed by atoms with Crippen molar-refractivity contribution in [3.8, 4) is 11.6 Å². The first-order valence-corrected chi connectivity index (χ1v) is 8.54. The average molecular weight is 370 g/mol. The Morgan fingerprint density at radius 3 is 2.96 bits per heavy atom. The van der Waals surface area contributed by atoms with E-state index in [1.807, 2.05) is 32.0 Å². The number of amides is 1. The first-order valence-electron chi connectivity index (χ1n) is 8.16. The minimum absolute atomic E-state index is 0.162. The number of halogens is 1. The Morgan fingerprint density at radius 1 is 1.31 bits per heavy atom. The Morgan fingerprint density at radius 2 is 2.15 bits per heavy atom. The van der Waals surface area contributed by atoms with E-state index >= 15 is 0 Å². The van der Waals surface area contributed by atoms with Crippen LogP contribution in [0.25, 0.3) is 5.69 Å². The highest BCUT2D eigenvalue weighted by Crippen LogP contribution is 2.32. The quantitative estimate of drug-likeness (QED) is 0.694. The number of aromatic nitrogens is 4. The van der Waals surface area contributed by atoms with Gasteiger partial charge in [0, 0.05) is 11.2 Å². The summed E-state index contributed by atoms with van der Waals surface area (Å²) in [6.07, 6.45) is 1.48. The molecule has 3 aromatic rings. The molecular weight excluding hydrogens is 354 g/mol. The van der Waals surface area contributed by atoms with Crippen molar-refractivity contribution in [2.24, 2.45) is 0 Å². The molecule has 0 fully saturated rings. The van der Waals surface area contributed by atoms with E-state index in [4.69, 9.17) is 16.3 Å². The molecule has 0 aliphatic carbocycles. The van der Waals surface area contributed by atoms with E-state index in [9.17, 15) is 4.79 Å². The minimum atomic E-state index is -0.236. The highest BCUT2D eigenvalue weighted by Gasteiger charge is 2.31. The van der Waals surface area contributed by atoms with Gasteiger partial charge in [-0.25, -0.2) is 9.67 Å². The molecule has 3 heterocycles. The van der Waals surface area contributed by atoms with Gasteiger partial charge in [-0.2, -0.15) is 0 Å². The predicted molar refractivity (Wildman–Crippen MR) is 97.1 cm³/mol. The first-order chi connectivity index (χ1) is 12.5. The van der Waals surface area contributed by atoms with Crippen molar-refractivity contribution >= 4 is 23.2 Å². The lowest BCUT2D eigenvalue weighted by Gasteiger charge is -2.32. The van der Waals surface area contributed by atoms with E-state index in [-0.39, 0.29) is 17.7 Å². The van der Waals surface area contributed by atoms with Gasteiger partial charge in [0.25, 0.3) is 5.91 Å². The molecule has 0 bridgehead atoms. The molecule has 0 saturated heterocycles. The van der Waals surface area contributed by atoms with Crippen LogP contribution < -0.4 is 9.64 Å². The van der Waals surface area contributed by atoms with Crippen LogP contribution in [0, 0.1) is 6.92 Å². The molecule has 0 spiro atoms. The molecule has 0 radical (unpaired) electrons. The van der Waals surface area contributed by atoms with E-state index in [1.54, 1.807) is 34.0 Å². The third-order valence-electron chi connectivity index (χ3n) is 4.19. The summed E-state index contributed by atoms with van der Waals surface area (Å²) in [6.45, 7) is 4.12. The second kappa shape index (κ2) is 6.42. The lowest BCUT2D eigenvalue weighted by molar-refractivity contribution is 0.0953. The fourth-order valence-electron chi connectivity index (χ4n) is 2.96. The van der Waals surface area contributed by atoms with Crippen LogP contribution in [-0.4, -0.2) is 38.5 Å². The van der Waals surface area contributed by atoms with Gasteiger partial charge in [-0.05, 0) is 44.2 Å². The number of rotatable bonds is 2. The van der Waals surface area contributed by atoms with Gasteiger partial charge in [-0.3, -0.25) is 9.69 Å². The molecule has 1 aromatic carbocycles. The molecule has 2 aromatic heterocycles. The molecule has 1 amide bonds. The van der Waals surface area contributed by atoms with Crippen molar-refractivity contribution in [2.45, 2.75) is 20.0 Å². The normalized spacial score (nSPS) is 16.1. The summed E-state index contributed by atoms with van der Waals surface area (Å²) < 4.78 is 7.31. The molecular formula is C18H16ClN5O2. The topological polar surface area (TPSA) is 73.1 Å². The lowest BCUT2D eigenvalue weighted by Crippen LogP contribution is -2.43. The maximum atomic E-state index is 13.1. The zero-order valence-corrected chi connectivity index (χ0v) is 15.0. The van der Waals surface area contributed by atoms with Gasteiger partial charge >= 0.3 is 0 Å². The number of pyridine rings is 1. The summed E-state index contributed by atoms with van der Waals surface area (Å²) in [5, 5.41) is 8.83. The van der Waals surface area contributed by atoms with Crippen LogP contribution in [0.1, 0.15) is 23.1 Å². The van der Waals surface area contributed by atoms with Gasteiger partial charge in [0.2, 0.25) is 5.88 Å². The van der Waals surface area contributed by atoms with Crippen molar-refractivity contribution in [3.05, 3.63) is 59.0 Å². The zero-order chi connectivity index (χ0) is 18.3. The Hall–Kier alpha value is -2.93. The van der Waals surface area contributed by atoms with Gasteiger partial charge in [0.15, 0.2) is 5.69 Å². The van der Waals surface area contributed by atoms with E-state index in [0.717, 1.165) is 5.69 Å². The van der Waals surface area contributed by atoms with Crippen molar-refractivity contribution in [2.75, 3.05) is 11.4 Å². The SMILES string of the molecule is Cc1c(C(=O)N2CC(C)Oc3ncccc32)nnn1-c1cccc(Cl)c1. The number of nitrogens with zero attached hydrogens (tertiary/aromatic N) is 5. The standard InChI is InChI=1S/C18H16ClN5O2/c1-11-10-23(15-7-4-8-20-17(15)26-11)18(25)16-12(2)24(22-21-16)14-6-3-5-13(19)9-14/h3-9,11H,10H2,1-2H3. The van der Waals surface area contributed by atoms with Crippen LogP contribution in [0.2, 0.25) is 5.02 Å². The van der Waals surface area contributed by atoms with Crippen LogP contribution >= 0.6 is 11.6 Å². The van der Waals surface area contributed by atoms with Crippen LogP contribution in [0.5, 0.6) is 5.88 Å². The fraction of sp³-hybridized carbons (Fsp3) is 0.222. The average Bonchev–Trinajstić information content (AvgIpc) is 3.02. The van der Waals surface area contributed by atoms with E-state index < -0.39 is 0 Å². The maximum Gasteiger partial charge on any atom is 0.281 e. The molecule has 8 heteroatoms.